The minimum Gasteiger partial charge on any atom is -0.466 e. The first-order valence-electron chi connectivity index (χ1n) is 10.6. The number of nitrogens with one attached hydrogen (secondary N) is 1. The molecule has 2 N–H and O–H groups in total. The van der Waals surface area contributed by atoms with E-state index in [1.54, 1.807) is 17.8 Å². The third kappa shape index (κ3) is 4.96. The predicted octanol–water partition coefficient (Wildman–Crippen LogP) is 2.88. The van der Waals surface area contributed by atoms with E-state index in [2.05, 4.69) is 26.2 Å². The summed E-state index contributed by atoms with van der Waals surface area (Å²) >= 11 is 0. The Bertz CT molecular complexity index is 990. The Morgan fingerprint density at radius 2 is 2.13 bits per heavy atom. The molecule has 9 heteroatoms. The van der Waals surface area contributed by atoms with E-state index >= 15 is 0 Å². The molecule has 0 atom stereocenters. The lowest BCUT2D eigenvalue weighted by atomic mass is 9.87. The first kappa shape index (κ1) is 20.3. The zero-order valence-corrected chi connectivity index (χ0v) is 17.2. The summed E-state index contributed by atoms with van der Waals surface area (Å²) in [6.45, 7) is 3.54. The van der Waals surface area contributed by atoms with Gasteiger partial charge in [0.1, 0.15) is 5.65 Å². The van der Waals surface area contributed by atoms with E-state index in [0.717, 1.165) is 48.9 Å². The summed E-state index contributed by atoms with van der Waals surface area (Å²) in [6.07, 6.45) is 11.4. The molecule has 9 nitrogen and oxygen atoms in total. The molecule has 0 unspecified atom stereocenters. The molecule has 1 fully saturated rings. The highest BCUT2D eigenvalue weighted by molar-refractivity contribution is 5.76. The maximum absolute atomic E-state index is 11.5. The summed E-state index contributed by atoms with van der Waals surface area (Å²) < 4.78 is 8.81. The van der Waals surface area contributed by atoms with Crippen LogP contribution < -0.4 is 5.32 Å². The van der Waals surface area contributed by atoms with Crippen molar-refractivity contribution in [1.82, 2.24) is 24.3 Å². The second kappa shape index (κ2) is 9.25. The normalized spacial score (nSPS) is 19.1. The van der Waals surface area contributed by atoms with Gasteiger partial charge in [0.2, 0.25) is 5.95 Å². The summed E-state index contributed by atoms with van der Waals surface area (Å²) in [6, 6.07) is 2.03. The van der Waals surface area contributed by atoms with Gasteiger partial charge in [0.25, 0.3) is 0 Å². The number of carbonyl (C=O) groups excluding carboxylic acids is 1. The van der Waals surface area contributed by atoms with E-state index in [1.807, 2.05) is 18.5 Å². The SMILES string of the molecule is CCOC(=O)CCn1cc(Nc2ncc3ccn(C[C@H]4CC[C@H](O)CC4)c3n2)cn1. The molecule has 0 bridgehead atoms. The summed E-state index contributed by atoms with van der Waals surface area (Å²) in [5.74, 6) is 0.837. The van der Waals surface area contributed by atoms with Crippen LogP contribution in [0.1, 0.15) is 39.0 Å². The molecule has 4 rings (SSSR count). The van der Waals surface area contributed by atoms with Gasteiger partial charge in [-0.25, -0.2) is 4.98 Å². The fourth-order valence-corrected chi connectivity index (χ4v) is 3.90. The molecule has 0 amide bonds. The number of ether oxygens (including phenoxy) is 1. The zero-order chi connectivity index (χ0) is 20.9. The predicted molar refractivity (Wildman–Crippen MR) is 112 cm³/mol. The molecule has 30 heavy (non-hydrogen) atoms. The molecular weight excluding hydrogens is 384 g/mol. The molecule has 3 heterocycles. The number of esters is 1. The summed E-state index contributed by atoms with van der Waals surface area (Å²) in [4.78, 5) is 20.6. The Balaban J connectivity index is 1.40. The van der Waals surface area contributed by atoms with E-state index in [9.17, 15) is 9.90 Å². The molecule has 0 aliphatic heterocycles. The van der Waals surface area contributed by atoms with Gasteiger partial charge < -0.3 is 19.7 Å². The lowest BCUT2D eigenvalue weighted by molar-refractivity contribution is -0.143. The number of aliphatic hydroxyl groups is 1. The number of hydrogen-bond acceptors (Lipinski definition) is 7. The first-order valence-corrected chi connectivity index (χ1v) is 10.6. The number of fused-ring (bicyclic) bond motifs is 1. The molecule has 0 aromatic carbocycles. The number of hydrogen-bond donors (Lipinski definition) is 2. The Morgan fingerprint density at radius 1 is 1.30 bits per heavy atom. The Hall–Kier alpha value is -2.94. The van der Waals surface area contributed by atoms with Crippen LogP contribution in [0.3, 0.4) is 0 Å². The van der Waals surface area contributed by atoms with Gasteiger partial charge in [-0.1, -0.05) is 0 Å². The Morgan fingerprint density at radius 3 is 2.93 bits per heavy atom. The van der Waals surface area contributed by atoms with Crippen LogP contribution in [0.15, 0.2) is 30.9 Å². The maximum Gasteiger partial charge on any atom is 0.307 e. The van der Waals surface area contributed by atoms with Gasteiger partial charge in [-0.3, -0.25) is 9.48 Å². The van der Waals surface area contributed by atoms with Gasteiger partial charge in [0, 0.05) is 30.5 Å². The van der Waals surface area contributed by atoms with Crippen LogP contribution in [0.2, 0.25) is 0 Å². The first-order chi connectivity index (χ1) is 14.6. The van der Waals surface area contributed by atoms with Gasteiger partial charge >= 0.3 is 5.97 Å². The molecular formula is C21H28N6O3. The molecule has 3 aromatic heterocycles. The minimum atomic E-state index is -0.232. The summed E-state index contributed by atoms with van der Waals surface area (Å²) in [5.41, 5.74) is 1.66. The van der Waals surface area contributed by atoms with Crippen molar-refractivity contribution in [2.24, 2.45) is 5.92 Å². The molecule has 0 saturated heterocycles. The van der Waals surface area contributed by atoms with Crippen LogP contribution in [0.5, 0.6) is 0 Å². The van der Waals surface area contributed by atoms with E-state index in [4.69, 9.17) is 9.72 Å². The summed E-state index contributed by atoms with van der Waals surface area (Å²) in [7, 11) is 0. The number of anilines is 2. The van der Waals surface area contributed by atoms with Crippen LogP contribution in [0.4, 0.5) is 11.6 Å². The number of rotatable bonds is 8. The highest BCUT2D eigenvalue weighted by atomic mass is 16.5. The monoisotopic (exact) mass is 412 g/mol. The highest BCUT2D eigenvalue weighted by Gasteiger charge is 2.20. The zero-order valence-electron chi connectivity index (χ0n) is 17.2. The van der Waals surface area contributed by atoms with Crippen molar-refractivity contribution in [2.75, 3.05) is 11.9 Å². The van der Waals surface area contributed by atoms with Crippen molar-refractivity contribution in [2.45, 2.75) is 58.2 Å². The molecule has 0 radical (unpaired) electrons. The average Bonchev–Trinajstić information content (AvgIpc) is 3.35. The van der Waals surface area contributed by atoms with Crippen LogP contribution in [-0.2, 0) is 22.6 Å². The van der Waals surface area contributed by atoms with Crippen LogP contribution in [0, 0.1) is 5.92 Å². The lowest BCUT2D eigenvalue weighted by Crippen LogP contribution is -2.21. The number of aryl methyl sites for hydroxylation is 1. The number of aromatic nitrogens is 5. The molecule has 1 aliphatic carbocycles. The van der Waals surface area contributed by atoms with Crippen molar-refractivity contribution in [3.8, 4) is 0 Å². The van der Waals surface area contributed by atoms with Gasteiger partial charge in [-0.15, -0.1) is 0 Å². The Labute approximate surface area is 175 Å². The minimum absolute atomic E-state index is 0.140. The summed E-state index contributed by atoms with van der Waals surface area (Å²) in [5, 5.41) is 18.2. The van der Waals surface area contributed by atoms with Crippen LogP contribution >= 0.6 is 0 Å². The smallest absolute Gasteiger partial charge is 0.307 e. The number of carbonyl (C=O) groups is 1. The van der Waals surface area contributed by atoms with Crippen LogP contribution in [-0.4, -0.2) is 48.1 Å². The van der Waals surface area contributed by atoms with Crippen molar-refractivity contribution >= 4 is 28.6 Å². The molecule has 1 saturated carbocycles. The van der Waals surface area contributed by atoms with Crippen molar-refractivity contribution < 1.29 is 14.6 Å². The Kier molecular flexibility index (Phi) is 6.27. The number of aliphatic hydroxyl groups excluding tert-OH is 1. The topological polar surface area (TPSA) is 107 Å². The van der Waals surface area contributed by atoms with Gasteiger partial charge in [0.05, 0.1) is 37.6 Å². The molecule has 1 aliphatic rings. The fourth-order valence-electron chi connectivity index (χ4n) is 3.90. The van der Waals surface area contributed by atoms with Crippen LogP contribution in [0.25, 0.3) is 11.0 Å². The van der Waals surface area contributed by atoms with Crippen molar-refractivity contribution in [1.29, 1.82) is 0 Å². The van der Waals surface area contributed by atoms with E-state index in [0.29, 0.717) is 25.0 Å². The molecule has 160 valence electrons. The van der Waals surface area contributed by atoms with E-state index in [-0.39, 0.29) is 18.5 Å². The van der Waals surface area contributed by atoms with E-state index < -0.39 is 0 Å². The van der Waals surface area contributed by atoms with E-state index in [1.165, 1.54) is 0 Å². The van der Waals surface area contributed by atoms with Gasteiger partial charge in [-0.2, -0.15) is 10.1 Å². The second-order valence-electron chi connectivity index (χ2n) is 7.79. The quantitative estimate of drug-likeness (QED) is 0.548. The standard InChI is InChI=1S/C21H28N6O3/c1-2-30-19(29)8-10-27-14-17(12-23-27)24-21-22-11-16-7-9-26(20(16)25-21)13-15-3-5-18(28)6-4-15/h7,9,11-12,14-15,18,28H,2-6,8,10,13H2,1H3,(H,22,24,25)/t15-,18-. The largest absolute Gasteiger partial charge is 0.466 e. The van der Waals surface area contributed by atoms with Gasteiger partial charge in [0.15, 0.2) is 0 Å². The second-order valence-corrected chi connectivity index (χ2v) is 7.79. The van der Waals surface area contributed by atoms with Crippen molar-refractivity contribution in [3.05, 3.63) is 30.9 Å². The highest BCUT2D eigenvalue weighted by Crippen LogP contribution is 2.27. The third-order valence-electron chi connectivity index (χ3n) is 5.51. The lowest BCUT2D eigenvalue weighted by Gasteiger charge is -2.25. The van der Waals surface area contributed by atoms with Crippen molar-refractivity contribution in [3.63, 3.8) is 0 Å². The fraction of sp³-hybridized carbons (Fsp3) is 0.524. The maximum atomic E-state index is 11.5. The number of nitrogens with zero attached hydrogens (tertiary/aromatic N) is 5. The van der Waals surface area contributed by atoms with Gasteiger partial charge in [-0.05, 0) is 44.6 Å². The molecule has 0 spiro atoms. The molecule has 3 aromatic rings. The third-order valence-corrected chi connectivity index (χ3v) is 5.51. The average molecular weight is 412 g/mol.